The van der Waals surface area contributed by atoms with E-state index in [9.17, 15) is 9.59 Å². The molecule has 22 heavy (non-hydrogen) atoms. The quantitative estimate of drug-likeness (QED) is 0.879. The van der Waals surface area contributed by atoms with Crippen molar-refractivity contribution in [1.29, 1.82) is 0 Å². The van der Waals surface area contributed by atoms with Crippen LogP contribution in [0.5, 0.6) is 0 Å². The largest absolute Gasteiger partial charge is 0.338 e. The Bertz CT molecular complexity index is 785. The minimum Gasteiger partial charge on any atom is -0.338 e. The number of likely N-dealkylation sites (tertiary alicyclic amines) is 1. The van der Waals surface area contributed by atoms with Gasteiger partial charge in [-0.1, -0.05) is 20.8 Å². The van der Waals surface area contributed by atoms with Crippen molar-refractivity contribution < 1.29 is 4.79 Å². The summed E-state index contributed by atoms with van der Waals surface area (Å²) in [5.41, 5.74) is 2.15. The van der Waals surface area contributed by atoms with Gasteiger partial charge in [-0.3, -0.25) is 9.36 Å². The van der Waals surface area contributed by atoms with Gasteiger partial charge in [-0.2, -0.15) is 0 Å². The molecule has 1 fully saturated rings. The van der Waals surface area contributed by atoms with Gasteiger partial charge >= 0.3 is 5.69 Å². The lowest BCUT2D eigenvalue weighted by molar-refractivity contribution is 0.0475. The van der Waals surface area contributed by atoms with Crippen LogP contribution >= 0.6 is 0 Å². The monoisotopic (exact) mass is 301 g/mol. The molecular formula is C17H23N3O2. The highest BCUT2D eigenvalue weighted by molar-refractivity contribution is 5.97. The number of H-pyrrole nitrogens is 1. The molecule has 0 aliphatic carbocycles. The van der Waals surface area contributed by atoms with Gasteiger partial charge in [0.05, 0.1) is 11.0 Å². The smallest absolute Gasteiger partial charge is 0.326 e. The molecule has 1 aliphatic heterocycles. The number of nitrogens with one attached hydrogen (secondary N) is 1. The Morgan fingerprint density at radius 1 is 1.36 bits per heavy atom. The fourth-order valence-corrected chi connectivity index (χ4v) is 3.74. The van der Waals surface area contributed by atoms with E-state index in [0.717, 1.165) is 25.0 Å². The van der Waals surface area contributed by atoms with Crippen LogP contribution in [0.3, 0.4) is 0 Å². The van der Waals surface area contributed by atoms with Crippen LogP contribution in [0.2, 0.25) is 0 Å². The zero-order valence-corrected chi connectivity index (χ0v) is 13.6. The van der Waals surface area contributed by atoms with Crippen molar-refractivity contribution in [3.05, 3.63) is 34.2 Å². The van der Waals surface area contributed by atoms with Gasteiger partial charge in [0.2, 0.25) is 0 Å². The topological polar surface area (TPSA) is 58.1 Å². The molecule has 5 nitrogen and oxygen atoms in total. The summed E-state index contributed by atoms with van der Waals surface area (Å²) in [7, 11) is 1.72. The van der Waals surface area contributed by atoms with Gasteiger partial charge in [0.25, 0.3) is 5.91 Å². The number of piperidine rings is 1. The van der Waals surface area contributed by atoms with Crippen molar-refractivity contribution in [3.63, 3.8) is 0 Å². The minimum absolute atomic E-state index is 0.0474. The van der Waals surface area contributed by atoms with Crippen molar-refractivity contribution in [1.82, 2.24) is 14.5 Å². The Balaban J connectivity index is 1.93. The fourth-order valence-electron chi connectivity index (χ4n) is 3.74. The van der Waals surface area contributed by atoms with Crippen LogP contribution in [-0.4, -0.2) is 33.4 Å². The Morgan fingerprint density at radius 3 is 2.77 bits per heavy atom. The third-order valence-corrected chi connectivity index (χ3v) is 4.49. The number of carbonyl (C=O) groups excluding carboxylic acids is 1. The maximum atomic E-state index is 12.8. The molecule has 0 radical (unpaired) electrons. The van der Waals surface area contributed by atoms with Gasteiger partial charge in [0.1, 0.15) is 0 Å². The highest BCUT2D eigenvalue weighted by atomic mass is 16.2. The lowest BCUT2D eigenvalue weighted by Crippen LogP contribution is -2.46. The molecule has 0 spiro atoms. The SMILES string of the molecule is CC1CN(C(=O)c2ccc3c(c2)[nH]c(=O)n3C)CC(C)(C)C1. The van der Waals surface area contributed by atoms with E-state index in [-0.39, 0.29) is 17.0 Å². The van der Waals surface area contributed by atoms with Crippen molar-refractivity contribution in [2.24, 2.45) is 18.4 Å². The van der Waals surface area contributed by atoms with E-state index in [1.54, 1.807) is 17.7 Å². The summed E-state index contributed by atoms with van der Waals surface area (Å²) < 4.78 is 1.55. The molecule has 1 saturated heterocycles. The summed E-state index contributed by atoms with van der Waals surface area (Å²) in [6.45, 7) is 8.19. The van der Waals surface area contributed by atoms with Crippen molar-refractivity contribution >= 4 is 16.9 Å². The number of rotatable bonds is 1. The molecule has 1 aliphatic rings. The van der Waals surface area contributed by atoms with Crippen LogP contribution in [0.1, 0.15) is 37.6 Å². The van der Waals surface area contributed by atoms with Crippen LogP contribution in [-0.2, 0) is 7.05 Å². The fraction of sp³-hybridized carbons (Fsp3) is 0.529. The zero-order chi connectivity index (χ0) is 16.1. The molecule has 2 heterocycles. The summed E-state index contributed by atoms with van der Waals surface area (Å²) in [5, 5.41) is 0. The summed E-state index contributed by atoms with van der Waals surface area (Å²) in [5.74, 6) is 0.555. The first-order valence-corrected chi connectivity index (χ1v) is 7.75. The average Bonchev–Trinajstić information content (AvgIpc) is 2.70. The molecule has 3 rings (SSSR count). The number of hydrogen-bond donors (Lipinski definition) is 1. The van der Waals surface area contributed by atoms with E-state index < -0.39 is 0 Å². The predicted octanol–water partition coefficient (Wildman–Crippen LogP) is 2.37. The van der Waals surface area contributed by atoms with E-state index in [2.05, 4.69) is 25.8 Å². The lowest BCUT2D eigenvalue weighted by Gasteiger charge is -2.41. The van der Waals surface area contributed by atoms with Crippen LogP contribution in [0.4, 0.5) is 0 Å². The number of carbonyl (C=O) groups is 1. The first-order chi connectivity index (χ1) is 10.3. The Morgan fingerprint density at radius 2 is 2.09 bits per heavy atom. The first-order valence-electron chi connectivity index (χ1n) is 7.75. The van der Waals surface area contributed by atoms with Gasteiger partial charge in [-0.15, -0.1) is 0 Å². The molecule has 2 aromatic rings. The number of nitrogens with zero attached hydrogens (tertiary/aromatic N) is 2. The van der Waals surface area contributed by atoms with E-state index in [1.165, 1.54) is 0 Å². The van der Waals surface area contributed by atoms with Crippen molar-refractivity contribution in [2.45, 2.75) is 27.2 Å². The molecule has 1 aromatic carbocycles. The van der Waals surface area contributed by atoms with Gasteiger partial charge in [0.15, 0.2) is 0 Å². The molecule has 118 valence electrons. The van der Waals surface area contributed by atoms with E-state index in [4.69, 9.17) is 0 Å². The van der Waals surface area contributed by atoms with Crippen LogP contribution < -0.4 is 5.69 Å². The Hall–Kier alpha value is -2.04. The van der Waals surface area contributed by atoms with E-state index in [0.29, 0.717) is 17.0 Å². The average molecular weight is 301 g/mol. The number of imidazole rings is 1. The summed E-state index contributed by atoms with van der Waals surface area (Å²) >= 11 is 0. The van der Waals surface area contributed by atoms with E-state index >= 15 is 0 Å². The highest BCUT2D eigenvalue weighted by Gasteiger charge is 2.33. The summed E-state index contributed by atoms with van der Waals surface area (Å²) in [4.78, 5) is 29.2. The normalized spacial score (nSPS) is 21.3. The van der Waals surface area contributed by atoms with Crippen LogP contribution in [0, 0.1) is 11.3 Å². The van der Waals surface area contributed by atoms with E-state index in [1.807, 2.05) is 17.0 Å². The predicted molar refractivity (Wildman–Crippen MR) is 87.0 cm³/mol. The standard InChI is InChI=1S/C17H23N3O2/c1-11-8-17(2,3)10-20(9-11)15(21)12-5-6-14-13(7-12)18-16(22)19(14)4/h5-7,11H,8-10H2,1-4H3,(H,18,22). The third kappa shape index (κ3) is 2.56. The second-order valence-corrected chi connectivity index (χ2v) is 7.38. The van der Waals surface area contributed by atoms with Crippen molar-refractivity contribution in [3.8, 4) is 0 Å². The molecule has 0 bridgehead atoms. The zero-order valence-electron chi connectivity index (χ0n) is 13.6. The number of aromatic nitrogens is 2. The van der Waals surface area contributed by atoms with Gasteiger partial charge < -0.3 is 9.88 Å². The highest BCUT2D eigenvalue weighted by Crippen LogP contribution is 2.32. The number of aryl methyl sites for hydroxylation is 1. The summed E-state index contributed by atoms with van der Waals surface area (Å²) in [6.07, 6.45) is 1.14. The third-order valence-electron chi connectivity index (χ3n) is 4.49. The van der Waals surface area contributed by atoms with Crippen molar-refractivity contribution in [2.75, 3.05) is 13.1 Å². The molecule has 1 N–H and O–H groups in total. The summed E-state index contributed by atoms with van der Waals surface area (Å²) in [6, 6.07) is 5.43. The molecule has 5 heteroatoms. The van der Waals surface area contributed by atoms with Crippen LogP contribution in [0.15, 0.2) is 23.0 Å². The Labute approximate surface area is 129 Å². The molecule has 0 saturated carbocycles. The second kappa shape index (κ2) is 5.00. The number of amides is 1. The lowest BCUT2D eigenvalue weighted by atomic mass is 9.79. The first kappa shape index (κ1) is 14.9. The number of benzene rings is 1. The maximum Gasteiger partial charge on any atom is 0.326 e. The van der Waals surface area contributed by atoms with Gasteiger partial charge in [0, 0.05) is 25.7 Å². The molecule has 1 unspecified atom stereocenters. The number of hydrogen-bond acceptors (Lipinski definition) is 2. The Kier molecular flexibility index (Phi) is 3.38. The minimum atomic E-state index is -0.160. The molecule has 1 amide bonds. The maximum absolute atomic E-state index is 12.8. The van der Waals surface area contributed by atoms with Crippen LogP contribution in [0.25, 0.3) is 11.0 Å². The molecule has 1 aromatic heterocycles. The molecule has 1 atom stereocenters. The second-order valence-electron chi connectivity index (χ2n) is 7.38. The molecular weight excluding hydrogens is 278 g/mol. The number of fused-ring (bicyclic) bond motifs is 1. The van der Waals surface area contributed by atoms with Gasteiger partial charge in [-0.25, -0.2) is 4.79 Å². The van der Waals surface area contributed by atoms with Gasteiger partial charge in [-0.05, 0) is 36.0 Å². The number of aromatic amines is 1.